The van der Waals surface area contributed by atoms with Gasteiger partial charge in [0, 0.05) is 6.54 Å². The number of hydrogen-bond acceptors (Lipinski definition) is 7. The SMILES string of the molecule is CCCCCCCCCC/C=C\CCCCCCCC(O)CC(=O)NC(COP(=O)(O)OCCN)C(O)CCCCCCCCCCCCCCCCCCCCCC. The Hall–Kier alpha value is -0.800. The highest BCUT2D eigenvalue weighted by Crippen LogP contribution is 2.43. The third-order valence-corrected chi connectivity index (χ3v) is 12.7. The predicted molar refractivity (Wildman–Crippen MR) is 251 cm³/mol. The summed E-state index contributed by atoms with van der Waals surface area (Å²) in [5.41, 5.74) is 5.39. The monoisotopic (exact) mass is 859 g/mol. The maximum atomic E-state index is 12.9. The van der Waals surface area contributed by atoms with E-state index in [1.807, 2.05) is 0 Å². The molecule has 0 bridgehead atoms. The highest BCUT2D eigenvalue weighted by Gasteiger charge is 2.28. The molecule has 0 aromatic heterocycles. The molecule has 0 aromatic rings. The number of nitrogens with one attached hydrogen (secondary N) is 1. The topological polar surface area (TPSA) is 151 Å². The van der Waals surface area contributed by atoms with Gasteiger partial charge in [-0.25, -0.2) is 4.57 Å². The molecular formula is C49H99N2O7P. The number of nitrogens with two attached hydrogens (primary N) is 1. The minimum Gasteiger partial charge on any atom is -0.393 e. The van der Waals surface area contributed by atoms with Gasteiger partial charge in [0.1, 0.15) is 0 Å². The molecule has 4 unspecified atom stereocenters. The van der Waals surface area contributed by atoms with Gasteiger partial charge < -0.3 is 26.2 Å². The third kappa shape index (κ3) is 43.6. The second-order valence-corrected chi connectivity index (χ2v) is 19.0. The van der Waals surface area contributed by atoms with Crippen molar-refractivity contribution >= 4 is 13.7 Å². The molecule has 0 saturated carbocycles. The largest absolute Gasteiger partial charge is 0.472 e. The number of amides is 1. The first-order valence-electron chi connectivity index (χ1n) is 25.4. The van der Waals surface area contributed by atoms with Crippen molar-refractivity contribution in [1.82, 2.24) is 5.32 Å². The summed E-state index contributed by atoms with van der Waals surface area (Å²) in [6.07, 6.45) is 48.3. The number of aliphatic hydroxyl groups is 2. The van der Waals surface area contributed by atoms with E-state index in [4.69, 9.17) is 14.8 Å². The number of hydrogen-bond donors (Lipinski definition) is 5. The van der Waals surface area contributed by atoms with Crippen LogP contribution >= 0.6 is 7.82 Å². The molecule has 6 N–H and O–H groups in total. The zero-order chi connectivity index (χ0) is 43.3. The number of unbranched alkanes of at least 4 members (excludes halogenated alkanes) is 32. The van der Waals surface area contributed by atoms with Gasteiger partial charge in [-0.05, 0) is 38.5 Å². The number of allylic oxidation sites excluding steroid dienone is 2. The van der Waals surface area contributed by atoms with Crippen molar-refractivity contribution in [1.29, 1.82) is 0 Å². The molecular weight excluding hydrogens is 760 g/mol. The Balaban J connectivity index is 4.16. The van der Waals surface area contributed by atoms with E-state index in [-0.39, 0.29) is 26.2 Å². The van der Waals surface area contributed by atoms with Crippen LogP contribution in [-0.4, -0.2) is 59.0 Å². The van der Waals surface area contributed by atoms with Crippen LogP contribution in [0.3, 0.4) is 0 Å². The molecule has 0 rings (SSSR count). The van der Waals surface area contributed by atoms with Gasteiger partial charge in [-0.2, -0.15) is 0 Å². The van der Waals surface area contributed by atoms with Crippen molar-refractivity contribution < 1.29 is 33.5 Å². The summed E-state index contributed by atoms with van der Waals surface area (Å²) in [5, 5.41) is 24.3. The average Bonchev–Trinajstić information content (AvgIpc) is 3.21. The van der Waals surface area contributed by atoms with Crippen LogP contribution in [0, 0.1) is 0 Å². The summed E-state index contributed by atoms with van der Waals surface area (Å²) < 4.78 is 22.2. The quantitative estimate of drug-likeness (QED) is 0.0230. The predicted octanol–water partition coefficient (Wildman–Crippen LogP) is 13.7. The molecule has 4 atom stereocenters. The summed E-state index contributed by atoms with van der Waals surface area (Å²) in [6.45, 7) is 4.08. The normalized spacial score (nSPS) is 14.5. The van der Waals surface area contributed by atoms with Crippen LogP contribution < -0.4 is 11.1 Å². The van der Waals surface area contributed by atoms with Crippen molar-refractivity contribution in [3.05, 3.63) is 12.2 Å². The summed E-state index contributed by atoms with van der Waals surface area (Å²) >= 11 is 0. The summed E-state index contributed by atoms with van der Waals surface area (Å²) in [6, 6.07) is -0.897. The molecule has 352 valence electrons. The maximum absolute atomic E-state index is 12.9. The van der Waals surface area contributed by atoms with Gasteiger partial charge in [0.05, 0.1) is 37.9 Å². The lowest BCUT2D eigenvalue weighted by atomic mass is 10.0. The van der Waals surface area contributed by atoms with Crippen LogP contribution in [0.2, 0.25) is 0 Å². The lowest BCUT2D eigenvalue weighted by Gasteiger charge is -2.25. The van der Waals surface area contributed by atoms with Gasteiger partial charge >= 0.3 is 7.82 Å². The molecule has 0 heterocycles. The molecule has 0 aliphatic carbocycles. The van der Waals surface area contributed by atoms with Crippen molar-refractivity contribution in [2.45, 2.75) is 276 Å². The zero-order valence-corrected chi connectivity index (χ0v) is 39.8. The number of phosphoric ester groups is 1. The number of rotatable bonds is 48. The number of aliphatic hydroxyl groups excluding tert-OH is 2. The van der Waals surface area contributed by atoms with Crippen LogP contribution in [0.4, 0.5) is 0 Å². The van der Waals surface area contributed by atoms with Gasteiger partial charge in [0.25, 0.3) is 0 Å². The van der Waals surface area contributed by atoms with Crippen LogP contribution in [-0.2, 0) is 18.4 Å². The Morgan fingerprint density at radius 3 is 1.31 bits per heavy atom. The molecule has 9 nitrogen and oxygen atoms in total. The van der Waals surface area contributed by atoms with Crippen molar-refractivity contribution in [3.63, 3.8) is 0 Å². The number of carbonyl (C=O) groups excluding carboxylic acids is 1. The molecule has 0 aliphatic rings. The molecule has 0 saturated heterocycles. The van der Waals surface area contributed by atoms with Crippen molar-refractivity contribution in [3.8, 4) is 0 Å². The second-order valence-electron chi connectivity index (χ2n) is 17.6. The molecule has 0 spiro atoms. The van der Waals surface area contributed by atoms with Crippen LogP contribution in [0.5, 0.6) is 0 Å². The third-order valence-electron chi connectivity index (χ3n) is 11.7. The van der Waals surface area contributed by atoms with Crippen LogP contribution in [0.15, 0.2) is 12.2 Å². The molecule has 10 heteroatoms. The fourth-order valence-electron chi connectivity index (χ4n) is 7.82. The van der Waals surface area contributed by atoms with Crippen molar-refractivity contribution in [2.75, 3.05) is 19.8 Å². The fraction of sp³-hybridized carbons (Fsp3) is 0.939. The fourth-order valence-corrected chi connectivity index (χ4v) is 8.58. The van der Waals surface area contributed by atoms with Crippen molar-refractivity contribution in [2.24, 2.45) is 5.73 Å². The summed E-state index contributed by atoms with van der Waals surface area (Å²) in [4.78, 5) is 22.9. The minimum atomic E-state index is -4.38. The highest BCUT2D eigenvalue weighted by atomic mass is 31.2. The van der Waals surface area contributed by atoms with E-state index in [0.717, 1.165) is 44.9 Å². The highest BCUT2D eigenvalue weighted by molar-refractivity contribution is 7.47. The van der Waals surface area contributed by atoms with Gasteiger partial charge in [-0.15, -0.1) is 0 Å². The Bertz CT molecular complexity index is 955. The number of carbonyl (C=O) groups is 1. The minimum absolute atomic E-state index is 0.0603. The molecule has 0 fully saturated rings. The maximum Gasteiger partial charge on any atom is 0.472 e. The first kappa shape index (κ1) is 58.2. The average molecular weight is 859 g/mol. The Kier molecular flexibility index (Phi) is 44.6. The van der Waals surface area contributed by atoms with E-state index in [1.165, 1.54) is 180 Å². The molecule has 0 radical (unpaired) electrons. The first-order valence-corrected chi connectivity index (χ1v) is 26.9. The Morgan fingerprint density at radius 1 is 0.559 bits per heavy atom. The van der Waals surface area contributed by atoms with E-state index in [2.05, 4.69) is 31.3 Å². The van der Waals surface area contributed by atoms with Crippen LogP contribution in [0.1, 0.15) is 258 Å². The molecule has 59 heavy (non-hydrogen) atoms. The van der Waals surface area contributed by atoms with E-state index in [1.54, 1.807) is 0 Å². The van der Waals surface area contributed by atoms with E-state index < -0.39 is 32.0 Å². The van der Waals surface area contributed by atoms with E-state index >= 15 is 0 Å². The Labute approximate surface area is 365 Å². The second kappa shape index (κ2) is 45.2. The first-order chi connectivity index (χ1) is 28.8. The Morgan fingerprint density at radius 2 is 0.915 bits per heavy atom. The molecule has 0 aliphatic heterocycles. The summed E-state index contributed by atoms with van der Waals surface area (Å²) in [7, 11) is -4.38. The lowest BCUT2D eigenvalue weighted by molar-refractivity contribution is -0.125. The lowest BCUT2D eigenvalue weighted by Crippen LogP contribution is -2.47. The van der Waals surface area contributed by atoms with E-state index in [9.17, 15) is 24.5 Å². The molecule has 0 aromatic carbocycles. The van der Waals surface area contributed by atoms with Crippen LogP contribution in [0.25, 0.3) is 0 Å². The standard InChI is InChI=1S/C49H99N2O7P/c1-3-5-7-9-11-13-15-17-19-21-22-23-25-27-29-31-33-35-37-39-41-48(53)47(45-58-59(55,56)57-43-42-50)51-49(54)44-46(52)40-38-36-34-32-30-28-26-24-20-18-16-14-12-10-8-6-4-2/h24,26,46-48,52-53H,3-23,25,27-45,50H2,1-2H3,(H,51,54)(H,55,56)/b26-24-. The molecule has 1 amide bonds. The van der Waals surface area contributed by atoms with Gasteiger partial charge in [0.2, 0.25) is 5.91 Å². The van der Waals surface area contributed by atoms with Gasteiger partial charge in [-0.3, -0.25) is 13.8 Å². The van der Waals surface area contributed by atoms with E-state index in [0.29, 0.717) is 12.8 Å². The van der Waals surface area contributed by atoms with Gasteiger partial charge in [0.15, 0.2) is 0 Å². The van der Waals surface area contributed by atoms with Gasteiger partial charge in [-0.1, -0.05) is 225 Å². The smallest absolute Gasteiger partial charge is 0.393 e. The number of phosphoric acid groups is 1. The summed E-state index contributed by atoms with van der Waals surface area (Å²) in [5.74, 6) is -0.414. The zero-order valence-electron chi connectivity index (χ0n) is 38.9.